The number of nitrogens with two attached hydrogens (primary N) is 1. The van der Waals surface area contributed by atoms with E-state index in [-0.39, 0.29) is 18.2 Å². The molecule has 2 aromatic carbocycles. The van der Waals surface area contributed by atoms with E-state index in [9.17, 15) is 9.59 Å². The van der Waals surface area contributed by atoms with Crippen molar-refractivity contribution in [3.63, 3.8) is 0 Å². The first-order valence-corrected chi connectivity index (χ1v) is 6.29. The van der Waals surface area contributed by atoms with E-state index in [0.717, 1.165) is 0 Å². The number of carbonyl (C=O) groups excluding carboxylic acids is 2. The summed E-state index contributed by atoms with van der Waals surface area (Å²) >= 11 is 0. The summed E-state index contributed by atoms with van der Waals surface area (Å²) in [6, 6.07) is 15.0. The Bertz CT molecular complexity index is 715. The molecule has 21 heavy (non-hydrogen) atoms. The second-order valence-electron chi connectivity index (χ2n) is 4.32. The number of hydrogen-bond donors (Lipinski definition) is 2. The molecule has 0 unspecified atom stereocenters. The van der Waals surface area contributed by atoms with Crippen LogP contribution in [0.3, 0.4) is 0 Å². The molecule has 2 rings (SSSR count). The minimum atomic E-state index is -0.366. The number of ketones is 1. The van der Waals surface area contributed by atoms with E-state index < -0.39 is 0 Å². The van der Waals surface area contributed by atoms with Gasteiger partial charge in [-0.3, -0.25) is 9.59 Å². The molecule has 0 atom stereocenters. The van der Waals surface area contributed by atoms with Gasteiger partial charge in [0.05, 0.1) is 23.9 Å². The van der Waals surface area contributed by atoms with Crippen LogP contribution in [0.1, 0.15) is 21.5 Å². The molecule has 0 aliphatic carbocycles. The molecule has 0 fully saturated rings. The van der Waals surface area contributed by atoms with Crippen molar-refractivity contribution in [2.75, 3.05) is 11.9 Å². The van der Waals surface area contributed by atoms with Gasteiger partial charge in [0.2, 0.25) is 5.91 Å². The van der Waals surface area contributed by atoms with Gasteiger partial charge in [-0.25, -0.2) is 0 Å². The van der Waals surface area contributed by atoms with Crippen LogP contribution in [0.25, 0.3) is 0 Å². The smallest absolute Gasteiger partial charge is 0.238 e. The highest BCUT2D eigenvalue weighted by molar-refractivity contribution is 6.13. The average Bonchev–Trinajstić information content (AvgIpc) is 2.54. The molecule has 0 spiro atoms. The second-order valence-corrected chi connectivity index (χ2v) is 4.32. The first-order chi connectivity index (χ1) is 10.2. The average molecular weight is 279 g/mol. The van der Waals surface area contributed by atoms with Gasteiger partial charge in [0.1, 0.15) is 0 Å². The Morgan fingerprint density at radius 1 is 1.10 bits per heavy atom. The summed E-state index contributed by atoms with van der Waals surface area (Å²) in [4.78, 5) is 23.9. The lowest BCUT2D eigenvalue weighted by molar-refractivity contribution is -0.114. The van der Waals surface area contributed by atoms with Crippen LogP contribution in [0.15, 0.2) is 48.5 Å². The molecule has 0 bridgehead atoms. The molecule has 0 aliphatic rings. The maximum atomic E-state index is 12.5. The van der Waals surface area contributed by atoms with E-state index in [0.29, 0.717) is 22.4 Å². The summed E-state index contributed by atoms with van der Waals surface area (Å²) in [6.07, 6.45) is 0. The number of nitrogens with one attached hydrogen (secondary N) is 1. The maximum absolute atomic E-state index is 12.5. The molecular weight excluding hydrogens is 266 g/mol. The van der Waals surface area contributed by atoms with Gasteiger partial charge >= 0.3 is 0 Å². The molecule has 0 radical (unpaired) electrons. The second kappa shape index (κ2) is 6.46. The summed E-state index contributed by atoms with van der Waals surface area (Å²) in [6.45, 7) is -0.153. The summed E-state index contributed by atoms with van der Waals surface area (Å²) in [5.41, 5.74) is 6.99. The highest BCUT2D eigenvalue weighted by atomic mass is 16.2. The first kappa shape index (κ1) is 14.4. The Morgan fingerprint density at radius 3 is 2.38 bits per heavy atom. The zero-order valence-electron chi connectivity index (χ0n) is 11.2. The number of hydrogen-bond acceptors (Lipinski definition) is 4. The predicted octanol–water partition coefficient (Wildman–Crippen LogP) is 1.69. The number of nitriles is 1. The lowest BCUT2D eigenvalue weighted by atomic mass is 10.0. The fraction of sp³-hybridized carbons (Fsp3) is 0.0625. The van der Waals surface area contributed by atoms with Crippen molar-refractivity contribution in [1.82, 2.24) is 0 Å². The minimum Gasteiger partial charge on any atom is -0.324 e. The lowest BCUT2D eigenvalue weighted by Gasteiger charge is -2.09. The highest BCUT2D eigenvalue weighted by Crippen LogP contribution is 2.19. The minimum absolute atomic E-state index is 0.153. The van der Waals surface area contributed by atoms with Crippen molar-refractivity contribution >= 4 is 17.4 Å². The van der Waals surface area contributed by atoms with Gasteiger partial charge in [0.15, 0.2) is 5.78 Å². The molecule has 5 nitrogen and oxygen atoms in total. The van der Waals surface area contributed by atoms with Crippen molar-refractivity contribution in [3.8, 4) is 6.07 Å². The molecule has 0 aliphatic heterocycles. The van der Waals surface area contributed by atoms with Gasteiger partial charge in [-0.15, -0.1) is 0 Å². The monoisotopic (exact) mass is 279 g/mol. The normalized spacial score (nSPS) is 9.71. The van der Waals surface area contributed by atoms with Crippen LogP contribution in [0.4, 0.5) is 5.69 Å². The number of nitrogens with zero attached hydrogens (tertiary/aromatic N) is 1. The third-order valence-corrected chi connectivity index (χ3v) is 2.91. The standard InChI is InChI=1S/C16H13N3O2/c17-9-11-5-7-12(8-6-11)16(21)13-3-1-2-4-14(13)19-15(20)10-18/h1-8H,10,18H2,(H,19,20). The molecule has 0 saturated carbocycles. The molecular formula is C16H13N3O2. The summed E-state index contributed by atoms with van der Waals surface area (Å²) < 4.78 is 0. The number of benzene rings is 2. The largest absolute Gasteiger partial charge is 0.324 e. The topological polar surface area (TPSA) is 96.0 Å². The first-order valence-electron chi connectivity index (χ1n) is 6.29. The Morgan fingerprint density at radius 2 is 1.76 bits per heavy atom. The quantitative estimate of drug-likeness (QED) is 0.832. The number of rotatable bonds is 4. The third-order valence-electron chi connectivity index (χ3n) is 2.91. The molecule has 0 heterocycles. The zero-order valence-corrected chi connectivity index (χ0v) is 11.2. The SMILES string of the molecule is N#Cc1ccc(C(=O)c2ccccc2NC(=O)CN)cc1. The van der Waals surface area contributed by atoms with Crippen LogP contribution in [0, 0.1) is 11.3 Å². The van der Waals surface area contributed by atoms with Crippen LogP contribution >= 0.6 is 0 Å². The number of anilines is 1. The molecule has 104 valence electrons. The lowest BCUT2D eigenvalue weighted by Crippen LogP contribution is -2.23. The van der Waals surface area contributed by atoms with Gasteiger partial charge < -0.3 is 11.1 Å². The van der Waals surface area contributed by atoms with Crippen LogP contribution in [0.2, 0.25) is 0 Å². The van der Waals surface area contributed by atoms with E-state index in [1.54, 1.807) is 48.5 Å². The summed E-state index contributed by atoms with van der Waals surface area (Å²) in [5, 5.41) is 11.4. The van der Waals surface area contributed by atoms with Gasteiger partial charge in [-0.2, -0.15) is 5.26 Å². The Hall–Kier alpha value is -2.97. The predicted molar refractivity (Wildman–Crippen MR) is 78.7 cm³/mol. The van der Waals surface area contributed by atoms with Crippen LogP contribution in [-0.4, -0.2) is 18.2 Å². The van der Waals surface area contributed by atoms with Crippen molar-refractivity contribution in [3.05, 3.63) is 65.2 Å². The highest BCUT2D eigenvalue weighted by Gasteiger charge is 2.14. The van der Waals surface area contributed by atoms with E-state index in [2.05, 4.69) is 5.32 Å². The van der Waals surface area contributed by atoms with E-state index in [1.165, 1.54) is 0 Å². The zero-order chi connectivity index (χ0) is 15.2. The fourth-order valence-corrected chi connectivity index (χ4v) is 1.84. The maximum Gasteiger partial charge on any atom is 0.238 e. The number of para-hydroxylation sites is 1. The van der Waals surface area contributed by atoms with Crippen LogP contribution in [0.5, 0.6) is 0 Å². The van der Waals surface area contributed by atoms with Crippen molar-refractivity contribution in [2.45, 2.75) is 0 Å². The van der Waals surface area contributed by atoms with Crippen LogP contribution in [-0.2, 0) is 4.79 Å². The fourth-order valence-electron chi connectivity index (χ4n) is 1.84. The molecule has 2 aromatic rings. The Labute approximate surface area is 122 Å². The van der Waals surface area contributed by atoms with Crippen molar-refractivity contribution in [2.24, 2.45) is 5.73 Å². The molecule has 0 aromatic heterocycles. The van der Waals surface area contributed by atoms with E-state index in [4.69, 9.17) is 11.0 Å². The van der Waals surface area contributed by atoms with E-state index >= 15 is 0 Å². The molecule has 3 N–H and O–H groups in total. The summed E-state index contributed by atoms with van der Waals surface area (Å²) in [7, 11) is 0. The molecule has 0 saturated heterocycles. The number of amides is 1. The summed E-state index contributed by atoms with van der Waals surface area (Å²) in [5.74, 6) is -0.595. The van der Waals surface area contributed by atoms with Crippen molar-refractivity contribution < 1.29 is 9.59 Å². The van der Waals surface area contributed by atoms with Gasteiger partial charge in [0, 0.05) is 11.1 Å². The Balaban J connectivity index is 2.34. The Kier molecular flexibility index (Phi) is 4.44. The van der Waals surface area contributed by atoms with Crippen molar-refractivity contribution in [1.29, 1.82) is 5.26 Å². The molecule has 5 heteroatoms. The van der Waals surface area contributed by atoms with E-state index in [1.807, 2.05) is 6.07 Å². The third kappa shape index (κ3) is 3.32. The van der Waals surface area contributed by atoms with Gasteiger partial charge in [0.25, 0.3) is 0 Å². The number of carbonyl (C=O) groups is 2. The van der Waals surface area contributed by atoms with Gasteiger partial charge in [-0.05, 0) is 36.4 Å². The van der Waals surface area contributed by atoms with Gasteiger partial charge in [-0.1, -0.05) is 12.1 Å². The molecule has 1 amide bonds. The van der Waals surface area contributed by atoms with Crippen LogP contribution < -0.4 is 11.1 Å².